The molecule has 0 bridgehead atoms. The third-order valence-electron chi connectivity index (χ3n) is 14.4. The Morgan fingerprint density at radius 3 is 2.47 bits per heavy atom. The van der Waals surface area contributed by atoms with Gasteiger partial charge in [0.1, 0.15) is 29.9 Å². The Morgan fingerprint density at radius 1 is 0.817 bits per heavy atom. The Kier molecular flexibility index (Phi) is 9.26. The highest BCUT2D eigenvalue weighted by atomic mass is 16.5. The van der Waals surface area contributed by atoms with Crippen LogP contribution in [0.4, 0.5) is 11.4 Å². The van der Waals surface area contributed by atoms with Crippen LogP contribution in [0, 0.1) is 5.92 Å². The summed E-state index contributed by atoms with van der Waals surface area (Å²) >= 11 is 0. The highest BCUT2D eigenvalue weighted by Gasteiger charge is 2.46. The number of imide groups is 1. The molecule has 2 unspecified atom stereocenters. The van der Waals surface area contributed by atoms with Crippen molar-refractivity contribution in [3.05, 3.63) is 113 Å². The molecule has 1 spiro atoms. The van der Waals surface area contributed by atoms with Gasteiger partial charge in [0.15, 0.2) is 0 Å². The SMILES string of the molecule is O=C1CC[C@@H](N2Cc3c(ccc4c3OC[C@@H]3CN(CC5COC6(CCN(c7ccc([C@H]8c9ccc(O)cc9OCC8c8ccccc8)cc7)CC6)C5)CCN43)C2=O)C(=O)N1. The van der Waals surface area contributed by atoms with Crippen molar-refractivity contribution >= 4 is 29.1 Å². The molecule has 5 atom stereocenters. The summed E-state index contributed by atoms with van der Waals surface area (Å²) in [6.45, 7) is 7.93. The van der Waals surface area contributed by atoms with Crippen LogP contribution in [0.3, 0.4) is 0 Å². The smallest absolute Gasteiger partial charge is 0.255 e. The monoisotopic (exact) mass is 809 g/mol. The molecule has 0 aromatic heterocycles. The van der Waals surface area contributed by atoms with E-state index in [9.17, 15) is 19.5 Å². The lowest BCUT2D eigenvalue weighted by Gasteiger charge is -2.46. The highest BCUT2D eigenvalue weighted by Crippen LogP contribution is 2.48. The number of piperidine rings is 2. The van der Waals surface area contributed by atoms with Crippen molar-refractivity contribution in [2.45, 2.75) is 68.2 Å². The van der Waals surface area contributed by atoms with Crippen LogP contribution in [0.15, 0.2) is 84.9 Å². The molecule has 2 N–H and O–H groups in total. The van der Waals surface area contributed by atoms with E-state index in [4.69, 9.17) is 14.2 Å². The molecule has 7 aliphatic heterocycles. The molecule has 4 aromatic rings. The number of rotatable bonds is 6. The third kappa shape index (κ3) is 6.55. The van der Waals surface area contributed by atoms with Crippen molar-refractivity contribution in [2.75, 3.05) is 68.9 Å². The number of carbonyl (C=O) groups is 3. The van der Waals surface area contributed by atoms with Gasteiger partial charge in [-0.1, -0.05) is 48.5 Å². The van der Waals surface area contributed by atoms with E-state index in [1.165, 1.54) is 16.8 Å². The zero-order chi connectivity index (χ0) is 40.5. The summed E-state index contributed by atoms with van der Waals surface area (Å²) < 4.78 is 19.3. The number of phenolic OH excluding ortho intramolecular Hbond substituents is 1. The molecule has 7 aliphatic rings. The molecule has 0 radical (unpaired) electrons. The Labute approximate surface area is 350 Å². The summed E-state index contributed by atoms with van der Waals surface area (Å²) in [5, 5.41) is 12.6. The van der Waals surface area contributed by atoms with E-state index >= 15 is 0 Å². The van der Waals surface area contributed by atoms with Crippen LogP contribution in [0.5, 0.6) is 17.2 Å². The Bertz CT molecular complexity index is 2330. The molecule has 4 fully saturated rings. The van der Waals surface area contributed by atoms with Gasteiger partial charge >= 0.3 is 0 Å². The largest absolute Gasteiger partial charge is 0.508 e. The lowest BCUT2D eigenvalue weighted by Crippen LogP contribution is -2.58. The number of nitrogens with zero attached hydrogens (tertiary/aromatic N) is 4. The average Bonchev–Trinajstić information content (AvgIpc) is 3.82. The normalized spacial score (nSPS) is 27.1. The maximum atomic E-state index is 13.4. The molecule has 0 saturated carbocycles. The second-order valence-electron chi connectivity index (χ2n) is 17.9. The van der Waals surface area contributed by atoms with Crippen molar-refractivity contribution in [3.63, 3.8) is 0 Å². The number of amides is 3. The van der Waals surface area contributed by atoms with Crippen LogP contribution in [-0.4, -0.2) is 109 Å². The number of nitrogens with one attached hydrogen (secondary N) is 1. The first kappa shape index (κ1) is 37.4. The molecule has 3 amide bonds. The molecule has 310 valence electrons. The quantitative estimate of drug-likeness (QED) is 0.244. The van der Waals surface area contributed by atoms with E-state index in [0.29, 0.717) is 37.7 Å². The van der Waals surface area contributed by atoms with Gasteiger partial charge in [-0.3, -0.25) is 24.6 Å². The van der Waals surface area contributed by atoms with E-state index in [0.717, 1.165) is 93.5 Å². The average molecular weight is 810 g/mol. The number of benzene rings is 4. The second-order valence-corrected chi connectivity index (χ2v) is 17.9. The van der Waals surface area contributed by atoms with Crippen molar-refractivity contribution < 1.29 is 33.7 Å². The third-order valence-corrected chi connectivity index (χ3v) is 14.4. The van der Waals surface area contributed by atoms with Gasteiger partial charge in [0, 0.05) is 86.0 Å². The van der Waals surface area contributed by atoms with Gasteiger partial charge < -0.3 is 34.0 Å². The minimum atomic E-state index is -0.642. The van der Waals surface area contributed by atoms with Crippen molar-refractivity contribution in [1.82, 2.24) is 15.1 Å². The summed E-state index contributed by atoms with van der Waals surface area (Å²) in [5.41, 5.74) is 7.26. The van der Waals surface area contributed by atoms with E-state index in [1.54, 1.807) is 17.0 Å². The van der Waals surface area contributed by atoms with Crippen LogP contribution >= 0.6 is 0 Å². The Hall–Kier alpha value is -5.59. The van der Waals surface area contributed by atoms with Gasteiger partial charge in [-0.25, -0.2) is 0 Å². The molecule has 12 heteroatoms. The minimum Gasteiger partial charge on any atom is -0.508 e. The molecule has 60 heavy (non-hydrogen) atoms. The number of aromatic hydroxyl groups is 1. The number of ether oxygens (including phenoxy) is 3. The van der Waals surface area contributed by atoms with Crippen LogP contribution in [-0.2, 0) is 20.9 Å². The number of hydrogen-bond acceptors (Lipinski definition) is 10. The van der Waals surface area contributed by atoms with Gasteiger partial charge in [-0.05, 0) is 73.1 Å². The number of fused-ring (bicyclic) bond motifs is 6. The fraction of sp³-hybridized carbons (Fsp3) is 0.438. The van der Waals surface area contributed by atoms with Gasteiger partial charge in [0.05, 0.1) is 37.1 Å². The molecular formula is C48H51N5O7. The number of phenols is 1. The number of anilines is 2. The van der Waals surface area contributed by atoms with Gasteiger partial charge in [-0.15, -0.1) is 0 Å². The molecule has 4 aromatic carbocycles. The number of piperazine rings is 1. The molecule has 4 saturated heterocycles. The van der Waals surface area contributed by atoms with Gasteiger partial charge in [0.25, 0.3) is 5.91 Å². The minimum absolute atomic E-state index is 0.0599. The molecule has 0 aliphatic carbocycles. The summed E-state index contributed by atoms with van der Waals surface area (Å²) in [6, 6.07) is 28.7. The van der Waals surface area contributed by atoms with Crippen molar-refractivity contribution in [2.24, 2.45) is 5.92 Å². The van der Waals surface area contributed by atoms with Gasteiger partial charge in [-0.2, -0.15) is 0 Å². The highest BCUT2D eigenvalue weighted by molar-refractivity contribution is 6.06. The van der Waals surface area contributed by atoms with Gasteiger partial charge in [0.2, 0.25) is 11.8 Å². The second kappa shape index (κ2) is 14.8. The topological polar surface area (TPSA) is 124 Å². The zero-order valence-electron chi connectivity index (χ0n) is 33.8. The number of carbonyl (C=O) groups excluding carboxylic acids is 3. The fourth-order valence-electron chi connectivity index (χ4n) is 11.3. The standard InChI is InChI=1S/C48H51N5O7/c54-35-10-11-37-42(22-35)58-29-39(31-4-2-1-3-5-31)44(37)32-6-8-33(9-7-32)51-18-16-48(17-19-51)23-30(27-60-48)24-50-20-21-52-34(25-50)28-59-45-38-26-53(41-14-15-43(55)49-46(41)56)47(57)36(38)12-13-40(45)52/h1-13,22,30,34,39,41,44,54H,14-21,23-29H2,(H,49,55,56)/t30?,34-,39?,41+,44-/m0/s1. The molecule has 12 nitrogen and oxygen atoms in total. The van der Waals surface area contributed by atoms with E-state index in [1.807, 2.05) is 18.2 Å². The first-order valence-electron chi connectivity index (χ1n) is 21.7. The van der Waals surface area contributed by atoms with Crippen molar-refractivity contribution in [3.8, 4) is 17.2 Å². The van der Waals surface area contributed by atoms with Crippen LogP contribution in [0.25, 0.3) is 0 Å². The maximum Gasteiger partial charge on any atom is 0.255 e. The summed E-state index contributed by atoms with van der Waals surface area (Å²) in [5.74, 6) is 1.67. The molecular weight excluding hydrogens is 759 g/mol. The Balaban J connectivity index is 0.700. The van der Waals surface area contributed by atoms with E-state index < -0.39 is 11.9 Å². The maximum absolute atomic E-state index is 13.4. The molecule has 11 rings (SSSR count). The lowest BCUT2D eigenvalue weighted by molar-refractivity contribution is -0.136. The first-order chi connectivity index (χ1) is 29.3. The molecule has 7 heterocycles. The predicted octanol–water partition coefficient (Wildman–Crippen LogP) is 5.42. The van der Waals surface area contributed by atoms with E-state index in [2.05, 4.69) is 74.6 Å². The summed E-state index contributed by atoms with van der Waals surface area (Å²) in [6.07, 6.45) is 3.71. The summed E-state index contributed by atoms with van der Waals surface area (Å²) in [7, 11) is 0. The Morgan fingerprint density at radius 2 is 1.65 bits per heavy atom. The van der Waals surface area contributed by atoms with Crippen LogP contribution < -0.4 is 24.6 Å². The zero-order valence-corrected chi connectivity index (χ0v) is 33.8. The van der Waals surface area contributed by atoms with Crippen LogP contribution in [0.2, 0.25) is 0 Å². The number of hydrogen-bond donors (Lipinski definition) is 2. The van der Waals surface area contributed by atoms with Crippen molar-refractivity contribution in [1.29, 1.82) is 0 Å². The summed E-state index contributed by atoms with van der Waals surface area (Å²) in [4.78, 5) is 46.9. The lowest BCUT2D eigenvalue weighted by atomic mass is 9.76. The first-order valence-corrected chi connectivity index (χ1v) is 21.7. The predicted molar refractivity (Wildman–Crippen MR) is 225 cm³/mol. The van der Waals surface area contributed by atoms with Crippen LogP contribution in [0.1, 0.15) is 76.6 Å². The van der Waals surface area contributed by atoms with E-state index in [-0.39, 0.29) is 47.5 Å². The fourth-order valence-corrected chi connectivity index (χ4v) is 11.3.